The molecule has 2 aromatic rings. The normalized spacial score (nSPS) is 14.0. The van der Waals surface area contributed by atoms with E-state index in [1.54, 1.807) is 26.4 Å². The average molecular weight is 291 g/mol. The Morgan fingerprint density at radius 2 is 1.76 bits per heavy atom. The van der Waals surface area contributed by atoms with Crippen LogP contribution in [0.2, 0.25) is 0 Å². The molecular formula is C14H21N5O2. The number of nitrogens with two attached hydrogens (primary N) is 2. The number of nitrogen functional groups attached to an aromatic ring is 1. The van der Waals surface area contributed by atoms with Gasteiger partial charge in [0.05, 0.1) is 25.8 Å². The van der Waals surface area contributed by atoms with Crippen molar-refractivity contribution in [1.82, 2.24) is 15.3 Å². The highest BCUT2D eigenvalue weighted by Gasteiger charge is 2.19. The molecule has 21 heavy (non-hydrogen) atoms. The van der Waals surface area contributed by atoms with Crippen LogP contribution in [0.15, 0.2) is 12.1 Å². The van der Waals surface area contributed by atoms with E-state index in [-0.39, 0.29) is 12.1 Å². The Morgan fingerprint density at radius 3 is 2.29 bits per heavy atom. The second-order valence-electron chi connectivity index (χ2n) is 4.82. The predicted molar refractivity (Wildman–Crippen MR) is 82.5 cm³/mol. The molecule has 0 radical (unpaired) electrons. The molecule has 1 aromatic heterocycles. The minimum atomic E-state index is -0.176. The number of likely N-dealkylation sites (N-methyl/N-ethyl adjacent to an activating group) is 1. The molecule has 0 aliphatic heterocycles. The summed E-state index contributed by atoms with van der Waals surface area (Å²) in [6.07, 6.45) is 0. The Bertz CT molecular complexity index is 645. The summed E-state index contributed by atoms with van der Waals surface area (Å²) in [4.78, 5) is 8.90. The lowest BCUT2D eigenvalue weighted by Crippen LogP contribution is -2.35. The summed E-state index contributed by atoms with van der Waals surface area (Å²) in [6.45, 7) is 1.89. The van der Waals surface area contributed by atoms with Gasteiger partial charge in [0.1, 0.15) is 11.6 Å². The summed E-state index contributed by atoms with van der Waals surface area (Å²) in [5, 5.41) is 3.82. The number of methoxy groups -OCH3 is 2. The zero-order chi connectivity index (χ0) is 15.6. The van der Waals surface area contributed by atoms with Crippen LogP contribution in [-0.4, -0.2) is 37.3 Å². The molecule has 0 aliphatic rings. The molecule has 2 atom stereocenters. The highest BCUT2D eigenvalue weighted by atomic mass is 16.5. The predicted octanol–water partition coefficient (Wildman–Crippen LogP) is 0.837. The molecule has 0 spiro atoms. The third kappa shape index (κ3) is 2.84. The molecule has 5 N–H and O–H groups in total. The van der Waals surface area contributed by atoms with E-state index in [1.807, 2.05) is 14.0 Å². The zero-order valence-electron chi connectivity index (χ0n) is 12.7. The highest BCUT2D eigenvalue weighted by molar-refractivity contribution is 5.90. The molecular weight excluding hydrogens is 270 g/mol. The van der Waals surface area contributed by atoms with Crippen molar-refractivity contribution in [1.29, 1.82) is 0 Å². The molecule has 0 amide bonds. The highest BCUT2D eigenvalue weighted by Crippen LogP contribution is 2.33. The molecule has 7 heteroatoms. The average Bonchev–Trinajstić information content (AvgIpc) is 2.46. The van der Waals surface area contributed by atoms with E-state index >= 15 is 0 Å². The second kappa shape index (κ2) is 6.11. The quantitative estimate of drug-likeness (QED) is 0.749. The summed E-state index contributed by atoms with van der Waals surface area (Å²) < 4.78 is 10.6. The number of ether oxygens (including phenoxy) is 2. The number of hydrogen-bond donors (Lipinski definition) is 3. The maximum Gasteiger partial charge on any atom is 0.162 e. The molecule has 2 rings (SSSR count). The monoisotopic (exact) mass is 291 g/mol. The second-order valence-corrected chi connectivity index (χ2v) is 4.82. The van der Waals surface area contributed by atoms with Crippen LogP contribution in [0.5, 0.6) is 11.5 Å². The summed E-state index contributed by atoms with van der Waals surface area (Å²) >= 11 is 0. The molecule has 2 unspecified atom stereocenters. The minimum Gasteiger partial charge on any atom is -0.493 e. The Hall–Kier alpha value is -2.12. The van der Waals surface area contributed by atoms with Gasteiger partial charge in [0, 0.05) is 17.5 Å². The SMILES string of the molecule is CNC(c1nc(N)c2cc(OC)c(OC)cc2n1)C(C)N. The topological polar surface area (TPSA) is 108 Å². The van der Waals surface area contributed by atoms with E-state index in [0.29, 0.717) is 28.7 Å². The largest absolute Gasteiger partial charge is 0.493 e. The molecule has 1 heterocycles. The van der Waals surface area contributed by atoms with Gasteiger partial charge in [-0.25, -0.2) is 9.97 Å². The molecule has 0 aliphatic carbocycles. The van der Waals surface area contributed by atoms with Crippen molar-refractivity contribution in [2.75, 3.05) is 27.0 Å². The smallest absolute Gasteiger partial charge is 0.162 e. The number of fused-ring (bicyclic) bond motifs is 1. The number of aromatic nitrogens is 2. The van der Waals surface area contributed by atoms with E-state index in [4.69, 9.17) is 20.9 Å². The lowest BCUT2D eigenvalue weighted by molar-refractivity contribution is 0.355. The number of nitrogens with one attached hydrogen (secondary N) is 1. The fraction of sp³-hybridized carbons (Fsp3) is 0.429. The van der Waals surface area contributed by atoms with Crippen molar-refractivity contribution in [2.24, 2.45) is 5.73 Å². The number of rotatable bonds is 5. The number of hydrogen-bond acceptors (Lipinski definition) is 7. The van der Waals surface area contributed by atoms with Gasteiger partial charge >= 0.3 is 0 Å². The van der Waals surface area contributed by atoms with Crippen LogP contribution in [0, 0.1) is 0 Å². The molecule has 114 valence electrons. The standard InChI is InChI=1S/C14H21N5O2/c1-7(15)12(17-2)14-18-9-6-11(21-4)10(20-3)5-8(9)13(16)19-14/h5-7,12,17H,15H2,1-4H3,(H2,16,18,19). The Balaban J connectivity index is 2.64. The van der Waals surface area contributed by atoms with Crippen molar-refractivity contribution < 1.29 is 9.47 Å². The van der Waals surface area contributed by atoms with Gasteiger partial charge in [0.2, 0.25) is 0 Å². The maximum absolute atomic E-state index is 6.05. The molecule has 7 nitrogen and oxygen atoms in total. The third-order valence-corrected chi connectivity index (χ3v) is 3.36. The fourth-order valence-electron chi connectivity index (χ4n) is 2.26. The van der Waals surface area contributed by atoms with Crippen molar-refractivity contribution in [3.63, 3.8) is 0 Å². The van der Waals surface area contributed by atoms with Gasteiger partial charge in [-0.3, -0.25) is 0 Å². The van der Waals surface area contributed by atoms with Crippen LogP contribution in [0.25, 0.3) is 10.9 Å². The molecule has 1 aromatic carbocycles. The van der Waals surface area contributed by atoms with E-state index in [0.717, 1.165) is 5.39 Å². The van der Waals surface area contributed by atoms with E-state index in [1.165, 1.54) is 0 Å². The molecule has 0 saturated carbocycles. The van der Waals surface area contributed by atoms with Gasteiger partial charge in [-0.05, 0) is 20.0 Å². The zero-order valence-corrected chi connectivity index (χ0v) is 12.7. The number of nitrogens with zero attached hydrogens (tertiary/aromatic N) is 2. The van der Waals surface area contributed by atoms with Gasteiger partial charge in [0.15, 0.2) is 11.5 Å². The summed E-state index contributed by atoms with van der Waals surface area (Å²) in [5.74, 6) is 2.13. The van der Waals surface area contributed by atoms with Gasteiger partial charge in [-0.15, -0.1) is 0 Å². The van der Waals surface area contributed by atoms with Crippen molar-refractivity contribution >= 4 is 16.7 Å². The summed E-state index contributed by atoms with van der Waals surface area (Å²) in [5.41, 5.74) is 12.7. The van der Waals surface area contributed by atoms with Crippen LogP contribution in [0.3, 0.4) is 0 Å². The Labute approximate surface area is 123 Å². The first-order valence-corrected chi connectivity index (χ1v) is 6.63. The van der Waals surface area contributed by atoms with E-state index < -0.39 is 0 Å². The first-order valence-electron chi connectivity index (χ1n) is 6.63. The first-order chi connectivity index (χ1) is 10.0. The van der Waals surface area contributed by atoms with Crippen LogP contribution in [0.1, 0.15) is 18.8 Å². The number of anilines is 1. The summed E-state index contributed by atoms with van der Waals surface area (Å²) in [7, 11) is 4.96. The van der Waals surface area contributed by atoms with Crippen molar-refractivity contribution in [3.05, 3.63) is 18.0 Å². The lowest BCUT2D eigenvalue weighted by Gasteiger charge is -2.19. The van der Waals surface area contributed by atoms with Crippen LogP contribution in [-0.2, 0) is 0 Å². The molecule has 0 bridgehead atoms. The van der Waals surface area contributed by atoms with E-state index in [9.17, 15) is 0 Å². The van der Waals surface area contributed by atoms with Gasteiger partial charge < -0.3 is 26.3 Å². The summed E-state index contributed by atoms with van der Waals surface area (Å²) in [6, 6.07) is 3.23. The Morgan fingerprint density at radius 1 is 1.14 bits per heavy atom. The molecule has 0 fully saturated rings. The van der Waals surface area contributed by atoms with Crippen LogP contribution in [0.4, 0.5) is 5.82 Å². The van der Waals surface area contributed by atoms with E-state index in [2.05, 4.69) is 15.3 Å². The minimum absolute atomic E-state index is 0.146. The maximum atomic E-state index is 6.05. The van der Waals surface area contributed by atoms with Gasteiger partial charge in [0.25, 0.3) is 0 Å². The van der Waals surface area contributed by atoms with Crippen molar-refractivity contribution in [2.45, 2.75) is 19.0 Å². The van der Waals surface area contributed by atoms with Gasteiger partial charge in [-0.2, -0.15) is 0 Å². The van der Waals surface area contributed by atoms with Crippen LogP contribution < -0.4 is 26.3 Å². The van der Waals surface area contributed by atoms with Gasteiger partial charge in [-0.1, -0.05) is 0 Å². The number of benzene rings is 1. The molecule has 0 saturated heterocycles. The first kappa shape index (κ1) is 15.3. The van der Waals surface area contributed by atoms with Crippen LogP contribution >= 0.6 is 0 Å². The fourth-order valence-corrected chi connectivity index (χ4v) is 2.26. The Kier molecular flexibility index (Phi) is 4.44. The third-order valence-electron chi connectivity index (χ3n) is 3.36. The van der Waals surface area contributed by atoms with Crippen molar-refractivity contribution in [3.8, 4) is 11.5 Å². The lowest BCUT2D eigenvalue weighted by atomic mass is 10.1.